The maximum Gasteiger partial charge on any atom is 0.144 e. The number of ether oxygens (including phenoxy) is 1. The van der Waals surface area contributed by atoms with Gasteiger partial charge in [-0.2, -0.15) is 10.4 Å². The Labute approximate surface area is 213 Å². The minimum absolute atomic E-state index is 0.128. The van der Waals surface area contributed by atoms with Crippen molar-refractivity contribution in [3.05, 3.63) is 72.2 Å². The van der Waals surface area contributed by atoms with Crippen LogP contribution in [-0.2, 0) is 6.42 Å². The van der Waals surface area contributed by atoms with Crippen molar-refractivity contribution < 1.29 is 19.3 Å². The molecule has 0 amide bonds. The molecule has 5 rings (SSSR count). The SMILES string of the molecule is CC(O)COc1cc(-c2ccc(N3CCC(O)(Cc4ncccc4F)CC3)nc2)c2c(C#N)cnn2c1. The Bertz CT molecular complexity index is 1440. The Balaban J connectivity index is 1.35. The molecule has 0 radical (unpaired) electrons. The first kappa shape index (κ1) is 24.6. The van der Waals surface area contributed by atoms with Crippen LogP contribution >= 0.6 is 0 Å². The first-order valence-corrected chi connectivity index (χ1v) is 12.1. The highest BCUT2D eigenvalue weighted by Gasteiger charge is 2.34. The second kappa shape index (κ2) is 10.1. The minimum atomic E-state index is -1.01. The summed E-state index contributed by atoms with van der Waals surface area (Å²) < 4.78 is 21.3. The van der Waals surface area contributed by atoms with Crippen molar-refractivity contribution in [3.63, 3.8) is 0 Å². The fourth-order valence-electron chi connectivity index (χ4n) is 4.62. The molecule has 1 saturated heterocycles. The zero-order chi connectivity index (χ0) is 26.0. The molecule has 0 saturated carbocycles. The molecule has 0 spiro atoms. The summed E-state index contributed by atoms with van der Waals surface area (Å²) in [5, 5.41) is 34.5. The van der Waals surface area contributed by atoms with Gasteiger partial charge >= 0.3 is 0 Å². The molecule has 2 N–H and O–H groups in total. The predicted molar refractivity (Wildman–Crippen MR) is 135 cm³/mol. The third-order valence-electron chi connectivity index (χ3n) is 6.61. The molecule has 1 fully saturated rings. The van der Waals surface area contributed by atoms with E-state index in [4.69, 9.17) is 4.74 Å². The first-order valence-electron chi connectivity index (χ1n) is 12.1. The van der Waals surface area contributed by atoms with E-state index in [9.17, 15) is 19.9 Å². The van der Waals surface area contributed by atoms with E-state index >= 15 is 0 Å². The monoisotopic (exact) mass is 502 g/mol. The Kier molecular flexibility index (Phi) is 6.74. The summed E-state index contributed by atoms with van der Waals surface area (Å²) >= 11 is 0. The van der Waals surface area contributed by atoms with Crippen LogP contribution in [0.5, 0.6) is 5.75 Å². The van der Waals surface area contributed by atoms with E-state index < -0.39 is 17.5 Å². The van der Waals surface area contributed by atoms with Crippen molar-refractivity contribution in [2.75, 3.05) is 24.6 Å². The number of aliphatic hydroxyl groups is 2. The Morgan fingerprint density at radius 2 is 2.03 bits per heavy atom. The third-order valence-corrected chi connectivity index (χ3v) is 6.61. The van der Waals surface area contributed by atoms with Crippen LogP contribution in [-0.4, -0.2) is 61.2 Å². The molecule has 0 aromatic carbocycles. The third kappa shape index (κ3) is 5.23. The van der Waals surface area contributed by atoms with Crippen molar-refractivity contribution in [1.29, 1.82) is 5.26 Å². The lowest BCUT2D eigenvalue weighted by Gasteiger charge is -2.38. The van der Waals surface area contributed by atoms with Gasteiger partial charge in [0.15, 0.2) is 0 Å². The summed E-state index contributed by atoms with van der Waals surface area (Å²) in [6, 6.07) is 10.7. The highest BCUT2D eigenvalue weighted by atomic mass is 19.1. The van der Waals surface area contributed by atoms with E-state index in [2.05, 4.69) is 26.0 Å². The number of hydrogen-bond donors (Lipinski definition) is 2. The maximum atomic E-state index is 14.0. The van der Waals surface area contributed by atoms with Crippen molar-refractivity contribution in [3.8, 4) is 22.9 Å². The van der Waals surface area contributed by atoms with Crippen LogP contribution in [0.15, 0.2) is 55.1 Å². The zero-order valence-corrected chi connectivity index (χ0v) is 20.4. The van der Waals surface area contributed by atoms with Gasteiger partial charge in [0, 0.05) is 43.0 Å². The Morgan fingerprint density at radius 3 is 2.70 bits per heavy atom. The molecule has 37 heavy (non-hydrogen) atoms. The molecule has 5 heterocycles. The molecule has 10 heteroatoms. The standard InChI is InChI=1S/C27H27FN6O3/c1-18(35)17-37-21-11-22(26-20(13-29)15-32-34(26)16-21)19-4-5-25(31-14-19)33-9-6-27(36,7-10-33)12-24-23(28)3-2-8-30-24/h2-5,8,11,14-16,18,35-36H,6-7,9-10,12,17H2,1H3. The number of rotatable bonds is 7. The number of anilines is 1. The van der Waals surface area contributed by atoms with Crippen LogP contribution in [0, 0.1) is 17.1 Å². The summed E-state index contributed by atoms with van der Waals surface area (Å²) in [4.78, 5) is 10.8. The lowest BCUT2D eigenvalue weighted by atomic mass is 9.86. The first-order chi connectivity index (χ1) is 17.8. The molecule has 1 unspecified atom stereocenters. The Morgan fingerprint density at radius 1 is 1.22 bits per heavy atom. The smallest absolute Gasteiger partial charge is 0.144 e. The van der Waals surface area contributed by atoms with Gasteiger partial charge in [-0.1, -0.05) is 0 Å². The van der Waals surface area contributed by atoms with Crippen LogP contribution in [0.2, 0.25) is 0 Å². The molecule has 1 atom stereocenters. The van der Waals surface area contributed by atoms with Gasteiger partial charge < -0.3 is 19.8 Å². The number of pyridine rings is 3. The van der Waals surface area contributed by atoms with Crippen LogP contribution in [0.3, 0.4) is 0 Å². The molecule has 1 aliphatic heterocycles. The van der Waals surface area contributed by atoms with Gasteiger partial charge in [0.1, 0.15) is 30.1 Å². The molecule has 4 aromatic heterocycles. The molecule has 1 aliphatic rings. The molecule has 0 bridgehead atoms. The lowest BCUT2D eigenvalue weighted by Crippen LogP contribution is -2.46. The van der Waals surface area contributed by atoms with Crippen molar-refractivity contribution >= 4 is 11.3 Å². The van der Waals surface area contributed by atoms with Crippen molar-refractivity contribution in [2.24, 2.45) is 0 Å². The summed E-state index contributed by atoms with van der Waals surface area (Å²) in [5.74, 6) is 0.879. The maximum absolute atomic E-state index is 14.0. The average molecular weight is 503 g/mol. The summed E-state index contributed by atoms with van der Waals surface area (Å²) in [6.45, 7) is 2.92. The second-order valence-electron chi connectivity index (χ2n) is 9.44. The van der Waals surface area contributed by atoms with Gasteiger partial charge in [0.2, 0.25) is 0 Å². The summed E-state index contributed by atoms with van der Waals surface area (Å²) in [7, 11) is 0. The molecule has 9 nitrogen and oxygen atoms in total. The fourth-order valence-corrected chi connectivity index (χ4v) is 4.62. The quantitative estimate of drug-likeness (QED) is 0.396. The van der Waals surface area contributed by atoms with E-state index in [0.717, 1.165) is 16.9 Å². The van der Waals surface area contributed by atoms with E-state index in [1.165, 1.54) is 18.5 Å². The van der Waals surface area contributed by atoms with Crippen LogP contribution in [0.4, 0.5) is 10.2 Å². The molecule has 4 aromatic rings. The topological polar surface area (TPSA) is 120 Å². The highest BCUT2D eigenvalue weighted by Crippen LogP contribution is 2.33. The van der Waals surface area contributed by atoms with Crippen molar-refractivity contribution in [2.45, 2.75) is 37.9 Å². The number of aliphatic hydroxyl groups excluding tert-OH is 1. The van der Waals surface area contributed by atoms with E-state index in [-0.39, 0.29) is 18.7 Å². The number of hydrogen-bond acceptors (Lipinski definition) is 8. The highest BCUT2D eigenvalue weighted by molar-refractivity contribution is 5.85. The number of fused-ring (bicyclic) bond motifs is 1. The number of piperidine rings is 1. The number of nitrogens with zero attached hydrogens (tertiary/aromatic N) is 6. The predicted octanol–water partition coefficient (Wildman–Crippen LogP) is 3.14. The van der Waals surface area contributed by atoms with Gasteiger partial charge in [-0.25, -0.2) is 13.9 Å². The molecule has 190 valence electrons. The van der Waals surface area contributed by atoms with Crippen LogP contribution in [0.1, 0.15) is 31.0 Å². The van der Waals surface area contributed by atoms with Crippen LogP contribution < -0.4 is 9.64 Å². The molecular formula is C27H27FN6O3. The normalized spacial score (nSPS) is 15.9. The van der Waals surface area contributed by atoms with Crippen molar-refractivity contribution in [1.82, 2.24) is 19.6 Å². The lowest BCUT2D eigenvalue weighted by molar-refractivity contribution is 0.0147. The van der Waals surface area contributed by atoms with E-state index in [1.54, 1.807) is 29.9 Å². The number of halogens is 1. The van der Waals surface area contributed by atoms with Gasteiger partial charge in [0.25, 0.3) is 0 Å². The fraction of sp³-hybridized carbons (Fsp3) is 0.333. The van der Waals surface area contributed by atoms with Gasteiger partial charge in [-0.15, -0.1) is 0 Å². The van der Waals surface area contributed by atoms with Gasteiger partial charge in [-0.05, 0) is 50.1 Å². The summed E-state index contributed by atoms with van der Waals surface area (Å²) in [6.07, 6.45) is 6.94. The largest absolute Gasteiger partial charge is 0.489 e. The van der Waals surface area contributed by atoms with Gasteiger partial charge in [0.05, 0.1) is 40.9 Å². The van der Waals surface area contributed by atoms with Crippen LogP contribution in [0.25, 0.3) is 16.6 Å². The van der Waals surface area contributed by atoms with E-state index in [0.29, 0.717) is 42.8 Å². The average Bonchev–Trinajstić information content (AvgIpc) is 3.32. The summed E-state index contributed by atoms with van der Waals surface area (Å²) in [5.41, 5.74) is 1.86. The Hall–Kier alpha value is -4.07. The minimum Gasteiger partial charge on any atom is -0.489 e. The number of nitriles is 1. The second-order valence-corrected chi connectivity index (χ2v) is 9.44. The van der Waals surface area contributed by atoms with E-state index in [1.807, 2.05) is 18.2 Å². The zero-order valence-electron chi connectivity index (χ0n) is 20.4. The number of aromatic nitrogens is 4. The van der Waals surface area contributed by atoms with Gasteiger partial charge in [-0.3, -0.25) is 4.98 Å². The molecular weight excluding hydrogens is 475 g/mol. The molecule has 0 aliphatic carbocycles.